The maximum atomic E-state index is 13.6. The van der Waals surface area contributed by atoms with E-state index >= 15 is 0 Å². The van der Waals surface area contributed by atoms with Gasteiger partial charge in [-0.3, -0.25) is 4.79 Å². The van der Waals surface area contributed by atoms with E-state index in [1.165, 1.54) is 21.4 Å². The summed E-state index contributed by atoms with van der Waals surface area (Å²) in [5, 5.41) is 0. The largest absolute Gasteiger partial charge is 0.294 e. The number of Topliss-reactive ketones (excluding diaryl/α,β-unsaturated/α-hetero) is 1. The standard InChI is InChI=1S/C16H13FOS2/c1-10-6-7-14-15(8-10)20-16(19-14)9-13(18)11-4-2-3-5-12(11)17/h2-8,16H,9H2,1H3/t16-/m1/s1. The molecule has 0 saturated heterocycles. The minimum Gasteiger partial charge on any atom is -0.294 e. The smallest absolute Gasteiger partial charge is 0.167 e. The molecule has 1 aliphatic rings. The van der Waals surface area contributed by atoms with Crippen molar-refractivity contribution in [3.63, 3.8) is 0 Å². The third-order valence-electron chi connectivity index (χ3n) is 3.14. The van der Waals surface area contributed by atoms with Crippen LogP contribution in [0.15, 0.2) is 52.3 Å². The minimum absolute atomic E-state index is 0.127. The molecule has 0 radical (unpaired) electrons. The van der Waals surface area contributed by atoms with Crippen molar-refractivity contribution >= 4 is 29.3 Å². The number of fused-ring (bicyclic) bond motifs is 1. The van der Waals surface area contributed by atoms with Crippen LogP contribution < -0.4 is 0 Å². The van der Waals surface area contributed by atoms with Crippen molar-refractivity contribution in [1.82, 2.24) is 0 Å². The van der Waals surface area contributed by atoms with E-state index in [0.717, 1.165) is 0 Å². The van der Waals surface area contributed by atoms with Crippen LogP contribution >= 0.6 is 23.5 Å². The molecule has 20 heavy (non-hydrogen) atoms. The van der Waals surface area contributed by atoms with Gasteiger partial charge in [0.15, 0.2) is 5.78 Å². The molecule has 4 heteroatoms. The van der Waals surface area contributed by atoms with E-state index in [0.29, 0.717) is 6.42 Å². The van der Waals surface area contributed by atoms with Crippen LogP contribution in [-0.4, -0.2) is 10.4 Å². The summed E-state index contributed by atoms with van der Waals surface area (Å²) in [6.45, 7) is 2.06. The number of carbonyl (C=O) groups is 1. The van der Waals surface area contributed by atoms with E-state index in [1.54, 1.807) is 41.7 Å². The second kappa shape index (κ2) is 5.62. The highest BCUT2D eigenvalue weighted by Gasteiger charge is 2.26. The first-order chi connectivity index (χ1) is 9.63. The topological polar surface area (TPSA) is 17.1 Å². The molecule has 3 rings (SSSR count). The van der Waals surface area contributed by atoms with Gasteiger partial charge in [0.25, 0.3) is 0 Å². The monoisotopic (exact) mass is 304 g/mol. The van der Waals surface area contributed by atoms with Gasteiger partial charge < -0.3 is 0 Å². The molecular formula is C16H13FOS2. The Balaban J connectivity index is 1.72. The molecule has 0 aliphatic carbocycles. The number of halogens is 1. The Kier molecular flexibility index (Phi) is 3.85. The van der Waals surface area contributed by atoms with Gasteiger partial charge in [-0.15, -0.1) is 23.5 Å². The third kappa shape index (κ3) is 2.76. The van der Waals surface area contributed by atoms with Crippen molar-refractivity contribution in [2.45, 2.75) is 27.7 Å². The fourth-order valence-corrected chi connectivity index (χ4v) is 5.04. The highest BCUT2D eigenvalue weighted by Crippen LogP contribution is 2.49. The molecule has 2 aromatic carbocycles. The molecule has 0 fully saturated rings. The van der Waals surface area contributed by atoms with Crippen molar-refractivity contribution in [3.05, 3.63) is 59.4 Å². The van der Waals surface area contributed by atoms with Crippen molar-refractivity contribution in [1.29, 1.82) is 0 Å². The molecule has 0 unspecified atom stereocenters. The van der Waals surface area contributed by atoms with Gasteiger partial charge in [0, 0.05) is 16.2 Å². The maximum Gasteiger partial charge on any atom is 0.167 e. The summed E-state index contributed by atoms with van der Waals surface area (Å²) in [6, 6.07) is 12.5. The summed E-state index contributed by atoms with van der Waals surface area (Å²) in [5.41, 5.74) is 1.42. The summed E-state index contributed by atoms with van der Waals surface area (Å²) in [5.74, 6) is -0.559. The van der Waals surface area contributed by atoms with Gasteiger partial charge in [-0.25, -0.2) is 4.39 Å². The molecule has 0 N–H and O–H groups in total. The van der Waals surface area contributed by atoms with E-state index in [-0.39, 0.29) is 15.9 Å². The molecule has 102 valence electrons. The summed E-state index contributed by atoms with van der Waals surface area (Å²) in [7, 11) is 0. The molecular weight excluding hydrogens is 291 g/mol. The second-order valence-electron chi connectivity index (χ2n) is 4.72. The lowest BCUT2D eigenvalue weighted by molar-refractivity contribution is 0.0984. The van der Waals surface area contributed by atoms with Crippen LogP contribution in [0.2, 0.25) is 0 Å². The van der Waals surface area contributed by atoms with E-state index in [9.17, 15) is 9.18 Å². The van der Waals surface area contributed by atoms with Crippen LogP contribution in [-0.2, 0) is 0 Å². The van der Waals surface area contributed by atoms with E-state index < -0.39 is 5.82 Å². The molecule has 1 nitrogen and oxygen atoms in total. The fourth-order valence-electron chi connectivity index (χ4n) is 2.14. The Hall–Kier alpha value is -1.26. The Morgan fingerprint density at radius 1 is 1.15 bits per heavy atom. The van der Waals surface area contributed by atoms with Crippen LogP contribution in [0.3, 0.4) is 0 Å². The zero-order valence-corrected chi connectivity index (χ0v) is 12.6. The average Bonchev–Trinajstić information content (AvgIpc) is 2.80. The average molecular weight is 304 g/mol. The number of hydrogen-bond acceptors (Lipinski definition) is 3. The lowest BCUT2D eigenvalue weighted by atomic mass is 10.1. The first-order valence-electron chi connectivity index (χ1n) is 6.35. The molecule has 1 aliphatic heterocycles. The first-order valence-corrected chi connectivity index (χ1v) is 8.11. The highest BCUT2D eigenvalue weighted by molar-refractivity contribution is 8.19. The number of rotatable bonds is 3. The molecule has 0 saturated carbocycles. The molecule has 1 heterocycles. The van der Waals surface area contributed by atoms with Gasteiger partial charge in [-0.2, -0.15) is 0 Å². The summed E-state index contributed by atoms with van der Waals surface area (Å²) >= 11 is 3.39. The zero-order chi connectivity index (χ0) is 14.1. The SMILES string of the molecule is Cc1ccc2c(c1)S[C@H](CC(=O)c1ccccc1F)S2. The quantitative estimate of drug-likeness (QED) is 0.748. The lowest BCUT2D eigenvalue weighted by Gasteiger charge is -2.07. The van der Waals surface area contributed by atoms with Crippen LogP contribution in [0.4, 0.5) is 4.39 Å². The van der Waals surface area contributed by atoms with E-state index in [1.807, 2.05) is 0 Å². The summed E-state index contributed by atoms with van der Waals surface area (Å²) < 4.78 is 13.7. The van der Waals surface area contributed by atoms with Gasteiger partial charge >= 0.3 is 0 Å². The van der Waals surface area contributed by atoms with E-state index in [4.69, 9.17) is 0 Å². The maximum absolute atomic E-state index is 13.6. The van der Waals surface area contributed by atoms with Gasteiger partial charge in [0.1, 0.15) is 5.82 Å². The second-order valence-corrected chi connectivity index (χ2v) is 7.51. The van der Waals surface area contributed by atoms with Crippen LogP contribution in [0.25, 0.3) is 0 Å². The molecule has 0 aromatic heterocycles. The predicted molar refractivity (Wildman–Crippen MR) is 82.0 cm³/mol. The van der Waals surface area contributed by atoms with E-state index in [2.05, 4.69) is 25.1 Å². The normalized spacial score (nSPS) is 17.0. The molecule has 0 bridgehead atoms. The number of benzene rings is 2. The van der Waals surface area contributed by atoms with Crippen molar-refractivity contribution in [2.24, 2.45) is 0 Å². The summed E-state index contributed by atoms with van der Waals surface area (Å²) in [4.78, 5) is 14.6. The zero-order valence-electron chi connectivity index (χ0n) is 10.9. The first kappa shape index (κ1) is 13.7. The number of ketones is 1. The summed E-state index contributed by atoms with van der Waals surface area (Å²) in [6.07, 6.45) is 0.351. The Labute approximate surface area is 126 Å². The van der Waals surface area contributed by atoms with Crippen molar-refractivity contribution in [2.75, 3.05) is 0 Å². The van der Waals surface area contributed by atoms with Crippen LogP contribution in [0.5, 0.6) is 0 Å². The third-order valence-corrected chi connectivity index (χ3v) is 5.91. The number of thioether (sulfide) groups is 2. The van der Waals surface area contributed by atoms with Crippen LogP contribution in [0, 0.1) is 12.7 Å². The number of carbonyl (C=O) groups excluding carboxylic acids is 1. The van der Waals surface area contributed by atoms with Gasteiger partial charge in [-0.1, -0.05) is 18.2 Å². The minimum atomic E-state index is -0.432. The van der Waals surface area contributed by atoms with Crippen LogP contribution in [0.1, 0.15) is 22.3 Å². The Morgan fingerprint density at radius 2 is 1.90 bits per heavy atom. The van der Waals surface area contributed by atoms with Gasteiger partial charge in [-0.05, 0) is 36.8 Å². The highest BCUT2D eigenvalue weighted by atomic mass is 32.2. The van der Waals surface area contributed by atoms with Crippen molar-refractivity contribution in [3.8, 4) is 0 Å². The van der Waals surface area contributed by atoms with Gasteiger partial charge in [0.05, 0.1) is 10.1 Å². The molecule has 0 spiro atoms. The molecule has 2 aromatic rings. The predicted octanol–water partition coefficient (Wildman–Crippen LogP) is 4.93. The Morgan fingerprint density at radius 3 is 2.70 bits per heavy atom. The number of aryl methyl sites for hydroxylation is 1. The number of hydrogen-bond donors (Lipinski definition) is 0. The Bertz CT molecular complexity index is 669. The molecule has 1 atom stereocenters. The molecule has 0 amide bonds. The lowest BCUT2D eigenvalue weighted by Crippen LogP contribution is -2.07. The fraction of sp³-hybridized carbons (Fsp3) is 0.188. The van der Waals surface area contributed by atoms with Crippen molar-refractivity contribution < 1.29 is 9.18 Å². The van der Waals surface area contributed by atoms with Gasteiger partial charge in [0.2, 0.25) is 0 Å².